The number of rotatable bonds is 6. The van der Waals surface area contributed by atoms with Crippen LogP contribution in [0.2, 0.25) is 0 Å². The van der Waals surface area contributed by atoms with E-state index in [1.54, 1.807) is 21.3 Å². The third-order valence-corrected chi connectivity index (χ3v) is 7.68. The predicted molar refractivity (Wildman–Crippen MR) is 169 cm³/mol. The Labute approximate surface area is 249 Å². The van der Waals surface area contributed by atoms with Crippen molar-refractivity contribution in [3.63, 3.8) is 0 Å². The van der Waals surface area contributed by atoms with Gasteiger partial charge in [-0.2, -0.15) is 5.10 Å². The molecular weight excluding hydrogens is 540 g/mol. The van der Waals surface area contributed by atoms with Gasteiger partial charge in [0.2, 0.25) is 5.75 Å². The summed E-state index contributed by atoms with van der Waals surface area (Å²) in [6, 6.07) is 31.8. The lowest BCUT2D eigenvalue weighted by molar-refractivity contribution is 0.323. The lowest BCUT2D eigenvalue weighted by Crippen LogP contribution is -2.46. The van der Waals surface area contributed by atoms with Crippen LogP contribution in [0.1, 0.15) is 22.9 Å². The number of aliphatic imine (C=N–C) groups is 2. The summed E-state index contributed by atoms with van der Waals surface area (Å²) in [5.41, 5.74) is 6.33. The number of hydrogen-bond donors (Lipinski definition) is 1. The van der Waals surface area contributed by atoms with Gasteiger partial charge in [0.1, 0.15) is 0 Å². The van der Waals surface area contributed by atoms with E-state index in [0.29, 0.717) is 28.9 Å². The van der Waals surface area contributed by atoms with Crippen LogP contribution in [0.5, 0.6) is 17.2 Å². The molecule has 0 radical (unpaired) electrons. The fraction of sp³-hybridized carbons (Fsp3) is 0.147. The molecule has 0 bridgehead atoms. The van der Waals surface area contributed by atoms with Crippen molar-refractivity contribution in [2.24, 2.45) is 9.98 Å². The number of fused-ring (bicyclic) bond motifs is 4. The first-order valence-corrected chi connectivity index (χ1v) is 13.9. The van der Waals surface area contributed by atoms with Gasteiger partial charge in [-0.25, -0.2) is 14.7 Å². The Bertz CT molecular complexity index is 1860. The molecule has 0 spiro atoms. The van der Waals surface area contributed by atoms with Crippen LogP contribution in [-0.2, 0) is 0 Å². The summed E-state index contributed by atoms with van der Waals surface area (Å²) in [6.07, 6.45) is 0. The zero-order valence-electron chi connectivity index (χ0n) is 24.3. The summed E-state index contributed by atoms with van der Waals surface area (Å²) >= 11 is 0. The molecular formula is C34H30N6O3. The van der Waals surface area contributed by atoms with Gasteiger partial charge in [-0.15, -0.1) is 0 Å². The number of aromatic nitrogens is 2. The molecule has 9 heteroatoms. The number of nitrogens with zero attached hydrogens (tertiary/aromatic N) is 5. The predicted octanol–water partition coefficient (Wildman–Crippen LogP) is 7.00. The van der Waals surface area contributed by atoms with Crippen molar-refractivity contribution in [1.82, 2.24) is 9.78 Å². The fourth-order valence-corrected chi connectivity index (χ4v) is 5.78. The molecule has 214 valence electrons. The summed E-state index contributed by atoms with van der Waals surface area (Å²) in [5, 5.41) is 8.55. The van der Waals surface area contributed by atoms with Gasteiger partial charge in [-0.1, -0.05) is 48.5 Å². The van der Waals surface area contributed by atoms with E-state index in [9.17, 15) is 0 Å². The van der Waals surface area contributed by atoms with Gasteiger partial charge in [-0.05, 0) is 61.0 Å². The number of hydrogen-bond acceptors (Lipinski definition) is 8. The van der Waals surface area contributed by atoms with E-state index in [0.717, 1.165) is 45.4 Å². The molecule has 3 heterocycles. The zero-order valence-corrected chi connectivity index (χ0v) is 24.3. The number of benzene rings is 4. The van der Waals surface area contributed by atoms with Gasteiger partial charge < -0.3 is 24.4 Å². The topological polar surface area (TPSA) is 85.5 Å². The van der Waals surface area contributed by atoms with E-state index in [2.05, 4.69) is 16.3 Å². The number of para-hydroxylation sites is 4. The molecule has 0 fully saturated rings. The molecule has 43 heavy (non-hydrogen) atoms. The van der Waals surface area contributed by atoms with Gasteiger partial charge in [0.05, 0.1) is 50.1 Å². The van der Waals surface area contributed by atoms with E-state index in [-0.39, 0.29) is 6.04 Å². The highest BCUT2D eigenvalue weighted by atomic mass is 16.5. The standard InChI is InChI=1S/C34H30N6O3/c1-21-29-30(22-19-27(41-2)31(43-4)28(20-22)42-3)39-26-18-12-11-17-25(26)36-32(35-23-13-7-5-8-14-23)34(39)37-33(29)40(38-21)24-15-9-6-10-16-24/h5-20,30H,1-4H3,(H,35,36)/t30-/m1/s1. The maximum Gasteiger partial charge on any atom is 0.203 e. The van der Waals surface area contributed by atoms with Crippen LogP contribution in [0.15, 0.2) is 107 Å². The van der Waals surface area contributed by atoms with Crippen molar-refractivity contribution < 1.29 is 14.2 Å². The third-order valence-electron chi connectivity index (χ3n) is 7.68. The molecule has 9 nitrogen and oxygen atoms in total. The van der Waals surface area contributed by atoms with E-state index in [4.69, 9.17) is 29.3 Å². The first-order valence-electron chi connectivity index (χ1n) is 13.9. The van der Waals surface area contributed by atoms with Gasteiger partial charge in [-0.3, -0.25) is 0 Å². The number of anilines is 2. The molecule has 0 unspecified atom stereocenters. The Balaban J connectivity index is 1.53. The van der Waals surface area contributed by atoms with E-state index >= 15 is 0 Å². The average Bonchev–Trinajstić information content (AvgIpc) is 3.39. The number of methoxy groups -OCH3 is 3. The third kappa shape index (κ3) is 4.37. The van der Waals surface area contributed by atoms with Crippen molar-refractivity contribution >= 4 is 34.6 Å². The van der Waals surface area contributed by atoms with Crippen LogP contribution < -0.4 is 24.4 Å². The van der Waals surface area contributed by atoms with Gasteiger partial charge in [0.25, 0.3) is 0 Å². The number of ether oxygens (including phenoxy) is 3. The minimum atomic E-state index is -0.349. The highest BCUT2D eigenvalue weighted by Gasteiger charge is 2.42. The molecule has 0 aliphatic carbocycles. The fourth-order valence-electron chi connectivity index (χ4n) is 5.78. The molecule has 0 amide bonds. The van der Waals surface area contributed by atoms with Gasteiger partial charge in [0.15, 0.2) is 29.0 Å². The van der Waals surface area contributed by atoms with E-state index in [1.165, 1.54) is 0 Å². The van der Waals surface area contributed by atoms with Crippen LogP contribution in [0, 0.1) is 6.92 Å². The first-order chi connectivity index (χ1) is 21.1. The summed E-state index contributed by atoms with van der Waals surface area (Å²) in [7, 11) is 4.86. The average molecular weight is 571 g/mol. The van der Waals surface area contributed by atoms with E-state index in [1.807, 2.05) is 103 Å². The lowest BCUT2D eigenvalue weighted by atomic mass is 9.92. The number of aryl methyl sites for hydroxylation is 1. The molecule has 1 aromatic heterocycles. The Kier molecular flexibility index (Phi) is 6.54. The molecule has 7 rings (SSSR count). The quantitative estimate of drug-likeness (QED) is 0.237. The minimum absolute atomic E-state index is 0.349. The smallest absolute Gasteiger partial charge is 0.203 e. The van der Waals surface area contributed by atoms with Crippen molar-refractivity contribution in [2.75, 3.05) is 31.5 Å². The monoisotopic (exact) mass is 570 g/mol. The maximum absolute atomic E-state index is 5.80. The second-order valence-electron chi connectivity index (χ2n) is 10.2. The molecule has 0 saturated carbocycles. The van der Waals surface area contributed by atoms with Gasteiger partial charge in [0, 0.05) is 11.3 Å². The van der Waals surface area contributed by atoms with Gasteiger partial charge >= 0.3 is 0 Å². The largest absolute Gasteiger partial charge is 0.493 e. The second kappa shape index (κ2) is 10.7. The van der Waals surface area contributed by atoms with Crippen molar-refractivity contribution in [2.45, 2.75) is 13.0 Å². The van der Waals surface area contributed by atoms with Crippen LogP contribution in [0.3, 0.4) is 0 Å². The van der Waals surface area contributed by atoms with Crippen LogP contribution in [0.25, 0.3) is 5.69 Å². The van der Waals surface area contributed by atoms with Crippen LogP contribution in [0.4, 0.5) is 22.9 Å². The van der Waals surface area contributed by atoms with Crippen LogP contribution in [-0.4, -0.2) is 42.8 Å². The summed E-state index contributed by atoms with van der Waals surface area (Å²) in [4.78, 5) is 12.6. The van der Waals surface area contributed by atoms with E-state index < -0.39 is 0 Å². The summed E-state index contributed by atoms with van der Waals surface area (Å²) < 4.78 is 19.2. The van der Waals surface area contributed by atoms with Crippen molar-refractivity contribution in [3.05, 3.63) is 114 Å². The first kappa shape index (κ1) is 26.3. The maximum atomic E-state index is 5.80. The molecule has 1 N–H and O–H groups in total. The summed E-state index contributed by atoms with van der Waals surface area (Å²) in [6.45, 7) is 2.02. The number of nitrogens with one attached hydrogen (secondary N) is 1. The molecule has 2 aliphatic heterocycles. The van der Waals surface area contributed by atoms with Crippen molar-refractivity contribution in [1.29, 1.82) is 0 Å². The Morgan fingerprint density at radius 2 is 1.40 bits per heavy atom. The highest BCUT2D eigenvalue weighted by molar-refractivity contribution is 6.51. The molecule has 0 saturated heterocycles. The van der Waals surface area contributed by atoms with Crippen LogP contribution >= 0.6 is 0 Å². The lowest BCUT2D eigenvalue weighted by Gasteiger charge is -2.40. The Morgan fingerprint density at radius 3 is 2.07 bits per heavy atom. The Hall–Kier alpha value is -5.57. The zero-order chi connectivity index (χ0) is 29.5. The molecule has 1 atom stereocenters. The second-order valence-corrected chi connectivity index (χ2v) is 10.2. The highest BCUT2D eigenvalue weighted by Crippen LogP contribution is 2.50. The van der Waals surface area contributed by atoms with Crippen molar-refractivity contribution in [3.8, 4) is 22.9 Å². The molecule has 2 aliphatic rings. The number of amidine groups is 2. The molecule has 4 aromatic carbocycles. The Morgan fingerprint density at radius 1 is 0.744 bits per heavy atom. The SMILES string of the molecule is COc1cc([C@@H]2c3c(C)nn(-c4ccccc4)c3N=C3C(Nc4ccccc4)=Nc4ccccc4N32)cc(OC)c1OC. The normalized spacial score (nSPS) is 15.0. The summed E-state index contributed by atoms with van der Waals surface area (Å²) in [5.74, 6) is 3.70. The minimum Gasteiger partial charge on any atom is -0.493 e. The molecule has 5 aromatic rings.